The van der Waals surface area contributed by atoms with Crippen LogP contribution in [0.3, 0.4) is 0 Å². The first-order valence-electron chi connectivity index (χ1n) is 9.76. The highest BCUT2D eigenvalue weighted by atomic mass is 35.5. The molecule has 7 heteroatoms. The number of nitrogens with one attached hydrogen (secondary N) is 2. The Labute approximate surface area is 166 Å². The molecule has 1 aliphatic carbocycles. The summed E-state index contributed by atoms with van der Waals surface area (Å²) in [6.07, 6.45) is 7.17. The van der Waals surface area contributed by atoms with Crippen molar-refractivity contribution >= 4 is 17.6 Å². The molecule has 146 valence electrons. The zero-order valence-electron chi connectivity index (χ0n) is 16.2. The van der Waals surface area contributed by atoms with Crippen LogP contribution in [0.1, 0.15) is 49.3 Å². The molecule has 2 aromatic rings. The number of hydrogen-bond acceptors (Lipinski definition) is 3. The Morgan fingerprint density at radius 2 is 2.00 bits per heavy atom. The van der Waals surface area contributed by atoms with Crippen LogP contribution in [0, 0.1) is 6.92 Å². The Hall–Kier alpha value is -2.08. The summed E-state index contributed by atoms with van der Waals surface area (Å²) in [5.41, 5.74) is 1.15. The van der Waals surface area contributed by atoms with Gasteiger partial charge in [-0.25, -0.2) is 4.99 Å². The second-order valence-corrected chi connectivity index (χ2v) is 7.54. The van der Waals surface area contributed by atoms with E-state index in [0.717, 1.165) is 41.2 Å². The first-order chi connectivity index (χ1) is 13.1. The van der Waals surface area contributed by atoms with Crippen LogP contribution >= 0.6 is 11.6 Å². The van der Waals surface area contributed by atoms with Crippen molar-refractivity contribution in [1.29, 1.82) is 0 Å². The molecule has 1 aliphatic rings. The Balaban J connectivity index is 1.62. The third-order valence-electron chi connectivity index (χ3n) is 5.15. The SMILES string of the molecule is Cc1nnc(CN=C(NCCc2ccccc2Cl)NC2CCCCC2)n1C. The Kier molecular flexibility index (Phi) is 7.10. The lowest BCUT2D eigenvalue weighted by Gasteiger charge is -2.25. The molecule has 2 N–H and O–H groups in total. The van der Waals surface area contributed by atoms with Gasteiger partial charge in [0.2, 0.25) is 0 Å². The summed E-state index contributed by atoms with van der Waals surface area (Å²) in [5, 5.41) is 16.2. The van der Waals surface area contributed by atoms with Gasteiger partial charge in [0, 0.05) is 24.7 Å². The summed E-state index contributed by atoms with van der Waals surface area (Å²) in [7, 11) is 1.97. The normalized spacial score (nSPS) is 15.7. The van der Waals surface area contributed by atoms with Gasteiger partial charge in [-0.2, -0.15) is 0 Å². The van der Waals surface area contributed by atoms with Gasteiger partial charge in [0.25, 0.3) is 0 Å². The van der Waals surface area contributed by atoms with Gasteiger partial charge in [0.05, 0.1) is 0 Å². The van der Waals surface area contributed by atoms with Crippen LogP contribution in [0.2, 0.25) is 5.02 Å². The molecule has 27 heavy (non-hydrogen) atoms. The molecule has 1 saturated carbocycles. The maximum absolute atomic E-state index is 6.26. The van der Waals surface area contributed by atoms with Crippen molar-refractivity contribution in [3.05, 3.63) is 46.5 Å². The monoisotopic (exact) mass is 388 g/mol. The lowest BCUT2D eigenvalue weighted by atomic mass is 9.96. The van der Waals surface area contributed by atoms with Gasteiger partial charge in [-0.1, -0.05) is 49.1 Å². The summed E-state index contributed by atoms with van der Waals surface area (Å²) in [5.74, 6) is 2.60. The lowest BCUT2D eigenvalue weighted by molar-refractivity contribution is 0.410. The average Bonchev–Trinajstić information content (AvgIpc) is 3.00. The molecule has 0 atom stereocenters. The number of aryl methyl sites for hydroxylation is 1. The van der Waals surface area contributed by atoms with Crippen LogP contribution in [0.5, 0.6) is 0 Å². The largest absolute Gasteiger partial charge is 0.356 e. The van der Waals surface area contributed by atoms with Crippen LogP contribution in [-0.2, 0) is 20.0 Å². The first-order valence-corrected chi connectivity index (χ1v) is 10.1. The van der Waals surface area contributed by atoms with Gasteiger partial charge in [-0.15, -0.1) is 10.2 Å². The molecule has 0 aliphatic heterocycles. The zero-order valence-corrected chi connectivity index (χ0v) is 17.0. The van der Waals surface area contributed by atoms with E-state index in [2.05, 4.69) is 26.9 Å². The molecular formula is C20H29ClN6. The number of hydrogen-bond donors (Lipinski definition) is 2. The van der Waals surface area contributed by atoms with E-state index in [-0.39, 0.29) is 0 Å². The number of nitrogens with zero attached hydrogens (tertiary/aromatic N) is 4. The van der Waals surface area contributed by atoms with Crippen LogP contribution in [0.4, 0.5) is 0 Å². The number of rotatable bonds is 6. The molecule has 0 saturated heterocycles. The predicted octanol–water partition coefficient (Wildman–Crippen LogP) is 3.39. The molecule has 0 spiro atoms. The Bertz CT molecular complexity index is 764. The number of aromatic nitrogens is 3. The topological polar surface area (TPSA) is 67.1 Å². The Morgan fingerprint density at radius 1 is 1.22 bits per heavy atom. The van der Waals surface area contributed by atoms with Gasteiger partial charge >= 0.3 is 0 Å². The maximum Gasteiger partial charge on any atom is 0.191 e. The average molecular weight is 389 g/mol. The lowest BCUT2D eigenvalue weighted by Crippen LogP contribution is -2.44. The first kappa shape index (κ1) is 19.7. The van der Waals surface area contributed by atoms with Gasteiger partial charge < -0.3 is 15.2 Å². The van der Waals surface area contributed by atoms with Crippen molar-refractivity contribution in [2.75, 3.05) is 6.54 Å². The molecule has 0 unspecified atom stereocenters. The summed E-state index contributed by atoms with van der Waals surface area (Å²) < 4.78 is 1.98. The number of halogens is 1. The van der Waals surface area contributed by atoms with Crippen LogP contribution in [-0.4, -0.2) is 33.3 Å². The highest BCUT2D eigenvalue weighted by molar-refractivity contribution is 6.31. The molecule has 1 heterocycles. The van der Waals surface area contributed by atoms with Gasteiger partial charge in [-0.3, -0.25) is 0 Å². The predicted molar refractivity (Wildman–Crippen MR) is 110 cm³/mol. The van der Waals surface area contributed by atoms with Crippen LogP contribution in [0.25, 0.3) is 0 Å². The fraction of sp³-hybridized carbons (Fsp3) is 0.550. The van der Waals surface area contributed by atoms with Crippen molar-refractivity contribution < 1.29 is 0 Å². The molecule has 1 fully saturated rings. The molecule has 0 radical (unpaired) electrons. The maximum atomic E-state index is 6.26. The third-order valence-corrected chi connectivity index (χ3v) is 5.52. The van der Waals surface area contributed by atoms with E-state index in [4.69, 9.17) is 16.6 Å². The van der Waals surface area contributed by atoms with Crippen molar-refractivity contribution in [2.45, 2.75) is 58.0 Å². The summed E-state index contributed by atoms with van der Waals surface area (Å²) >= 11 is 6.26. The minimum Gasteiger partial charge on any atom is -0.356 e. The zero-order chi connectivity index (χ0) is 19.1. The third kappa shape index (κ3) is 5.70. The fourth-order valence-corrected chi connectivity index (χ4v) is 3.58. The van der Waals surface area contributed by atoms with E-state index in [1.165, 1.54) is 32.1 Å². The minimum absolute atomic E-state index is 0.492. The molecule has 0 bridgehead atoms. The van der Waals surface area contributed by atoms with E-state index in [9.17, 15) is 0 Å². The number of benzene rings is 1. The summed E-state index contributed by atoms with van der Waals surface area (Å²) in [4.78, 5) is 4.75. The number of guanidine groups is 1. The molecule has 1 aromatic carbocycles. The van der Waals surface area contributed by atoms with Crippen molar-refractivity contribution in [1.82, 2.24) is 25.4 Å². The van der Waals surface area contributed by atoms with Gasteiger partial charge in [0.1, 0.15) is 12.4 Å². The molecule has 6 nitrogen and oxygen atoms in total. The highest BCUT2D eigenvalue weighted by Gasteiger charge is 2.15. The van der Waals surface area contributed by atoms with Gasteiger partial charge in [-0.05, 0) is 37.8 Å². The second kappa shape index (κ2) is 9.74. The quantitative estimate of drug-likeness (QED) is 0.588. The molecule has 0 amide bonds. The molecule has 3 rings (SSSR count). The number of aliphatic imine (C=N–C) groups is 1. The standard InChI is InChI=1S/C20H29ClN6/c1-15-25-26-19(27(15)2)14-23-20(24-17-9-4-3-5-10-17)22-13-12-16-8-6-7-11-18(16)21/h6-8,11,17H,3-5,9-10,12-14H2,1-2H3,(H2,22,23,24). The van der Waals surface area contributed by atoms with E-state index < -0.39 is 0 Å². The fourth-order valence-electron chi connectivity index (χ4n) is 3.35. The Morgan fingerprint density at radius 3 is 2.70 bits per heavy atom. The van der Waals surface area contributed by atoms with Crippen molar-refractivity contribution in [3.63, 3.8) is 0 Å². The van der Waals surface area contributed by atoms with Crippen LogP contribution in [0.15, 0.2) is 29.3 Å². The molecular weight excluding hydrogens is 360 g/mol. The van der Waals surface area contributed by atoms with E-state index in [0.29, 0.717) is 12.6 Å². The minimum atomic E-state index is 0.492. The second-order valence-electron chi connectivity index (χ2n) is 7.13. The van der Waals surface area contributed by atoms with Crippen molar-refractivity contribution in [2.24, 2.45) is 12.0 Å². The molecule has 1 aromatic heterocycles. The van der Waals surface area contributed by atoms with E-state index >= 15 is 0 Å². The van der Waals surface area contributed by atoms with Crippen molar-refractivity contribution in [3.8, 4) is 0 Å². The smallest absolute Gasteiger partial charge is 0.191 e. The van der Waals surface area contributed by atoms with Gasteiger partial charge in [0.15, 0.2) is 11.8 Å². The van der Waals surface area contributed by atoms with E-state index in [1.54, 1.807) is 0 Å². The van der Waals surface area contributed by atoms with Crippen LogP contribution < -0.4 is 10.6 Å². The highest BCUT2D eigenvalue weighted by Crippen LogP contribution is 2.17. The summed E-state index contributed by atoms with van der Waals surface area (Å²) in [6.45, 7) is 3.23. The summed E-state index contributed by atoms with van der Waals surface area (Å²) in [6, 6.07) is 8.47. The van der Waals surface area contributed by atoms with E-state index in [1.807, 2.05) is 36.7 Å².